The Kier molecular flexibility index (Phi) is 11.3. The minimum atomic E-state index is -3.25. The number of alkyl halides is 2. The van der Waals surface area contributed by atoms with Crippen LogP contribution in [0, 0.1) is 0 Å². The molecule has 1 unspecified atom stereocenters. The molecule has 0 aliphatic heterocycles. The Bertz CT molecular complexity index is 436. The van der Waals surface area contributed by atoms with Crippen LogP contribution >= 0.6 is 23.2 Å². The fraction of sp³-hybridized carbons (Fsp3) is 1.00. The maximum atomic E-state index is 11.9. The summed E-state index contributed by atoms with van der Waals surface area (Å²) in [7, 11) is -3.25. The molecule has 0 bridgehead atoms. The zero-order valence-electron chi connectivity index (χ0n) is 15.0. The normalized spacial score (nSPS) is 15.7. The van der Waals surface area contributed by atoms with Gasteiger partial charge in [-0.15, -0.1) is 23.2 Å². The summed E-state index contributed by atoms with van der Waals surface area (Å²) in [6.45, 7) is 9.41. The predicted molar refractivity (Wildman–Crippen MR) is 98.7 cm³/mol. The van der Waals surface area contributed by atoms with Crippen molar-refractivity contribution in [3.63, 3.8) is 0 Å². The Balaban J connectivity index is 3.69. The van der Waals surface area contributed by atoms with E-state index in [1.54, 1.807) is 6.92 Å². The maximum absolute atomic E-state index is 11.9. The van der Waals surface area contributed by atoms with Gasteiger partial charge in [0, 0.05) is 5.54 Å². The first kappa shape index (κ1) is 24.4. The van der Waals surface area contributed by atoms with Crippen LogP contribution in [0.1, 0.15) is 34.1 Å². The van der Waals surface area contributed by atoms with Gasteiger partial charge in [0.25, 0.3) is 0 Å². The number of rotatable bonds is 13. The van der Waals surface area contributed by atoms with Crippen LogP contribution in [0.4, 0.5) is 0 Å². The average molecular weight is 408 g/mol. The third kappa shape index (κ3) is 13.6. The number of halogens is 2. The quantitative estimate of drug-likeness (QED) is 0.371. The van der Waals surface area contributed by atoms with Gasteiger partial charge in [0.2, 0.25) is 0 Å². The second-order valence-electron chi connectivity index (χ2n) is 6.89. The molecule has 0 aliphatic rings. The Hall–Kier alpha value is 0.370. The van der Waals surface area contributed by atoms with Crippen molar-refractivity contribution in [2.45, 2.75) is 50.1 Å². The summed E-state index contributed by atoms with van der Waals surface area (Å²) in [5.74, 6) is -0.134. The SMILES string of the molecule is CC(C)(C)OCCOCCOCCS(=O)(=O)CCC(C)(N)C(Cl)Cl. The Morgan fingerprint density at radius 2 is 1.42 bits per heavy atom. The molecule has 0 saturated carbocycles. The minimum Gasteiger partial charge on any atom is -0.378 e. The van der Waals surface area contributed by atoms with E-state index in [2.05, 4.69) is 0 Å². The van der Waals surface area contributed by atoms with Crippen LogP contribution in [0.2, 0.25) is 0 Å². The molecule has 0 radical (unpaired) electrons. The van der Waals surface area contributed by atoms with E-state index in [1.165, 1.54) is 0 Å². The number of nitrogens with two attached hydrogens (primary N) is 1. The van der Waals surface area contributed by atoms with E-state index < -0.39 is 20.2 Å². The lowest BCUT2D eigenvalue weighted by atomic mass is 10.0. The summed E-state index contributed by atoms with van der Waals surface area (Å²) >= 11 is 11.4. The van der Waals surface area contributed by atoms with Crippen LogP contribution in [0.15, 0.2) is 0 Å². The lowest BCUT2D eigenvalue weighted by Gasteiger charge is -2.25. The molecule has 0 rings (SSSR count). The zero-order valence-corrected chi connectivity index (χ0v) is 17.3. The van der Waals surface area contributed by atoms with E-state index in [9.17, 15) is 8.42 Å². The molecule has 146 valence electrons. The number of sulfone groups is 1. The molecule has 0 spiro atoms. The van der Waals surface area contributed by atoms with Crippen LogP contribution in [0.5, 0.6) is 0 Å². The largest absolute Gasteiger partial charge is 0.378 e. The lowest BCUT2D eigenvalue weighted by molar-refractivity contribution is -0.0418. The van der Waals surface area contributed by atoms with Crippen LogP contribution in [0.3, 0.4) is 0 Å². The van der Waals surface area contributed by atoms with E-state index in [0.717, 1.165) is 0 Å². The second kappa shape index (κ2) is 11.2. The van der Waals surface area contributed by atoms with Crippen LogP contribution in [-0.4, -0.2) is 68.9 Å². The standard InChI is InChI=1S/C15H31Cl2NO5S/c1-14(2,3)23-9-8-21-6-7-22-10-12-24(19,20)11-5-15(4,18)13(16)17/h13H,5-12,18H2,1-4H3. The van der Waals surface area contributed by atoms with Gasteiger partial charge in [-0.2, -0.15) is 0 Å². The highest BCUT2D eigenvalue weighted by atomic mass is 35.5. The fourth-order valence-corrected chi connectivity index (χ4v) is 3.05. The molecule has 0 saturated heterocycles. The highest BCUT2D eigenvalue weighted by Gasteiger charge is 2.28. The van der Waals surface area contributed by atoms with Crippen molar-refractivity contribution < 1.29 is 22.6 Å². The number of ether oxygens (including phenoxy) is 3. The first-order valence-electron chi connectivity index (χ1n) is 7.93. The van der Waals surface area contributed by atoms with Crippen LogP contribution < -0.4 is 5.73 Å². The van der Waals surface area contributed by atoms with Gasteiger partial charge in [0.05, 0.1) is 50.1 Å². The van der Waals surface area contributed by atoms with Crippen molar-refractivity contribution in [2.75, 3.05) is 44.5 Å². The predicted octanol–water partition coefficient (Wildman–Crippen LogP) is 2.16. The van der Waals surface area contributed by atoms with Crippen molar-refractivity contribution in [3.8, 4) is 0 Å². The molecule has 0 aromatic heterocycles. The molecular weight excluding hydrogens is 377 g/mol. The molecule has 6 nitrogen and oxygen atoms in total. The van der Waals surface area contributed by atoms with E-state index in [0.29, 0.717) is 26.4 Å². The Morgan fingerprint density at radius 3 is 1.92 bits per heavy atom. The summed E-state index contributed by atoms with van der Waals surface area (Å²) in [6.07, 6.45) is 0.198. The van der Waals surface area contributed by atoms with Crippen molar-refractivity contribution in [3.05, 3.63) is 0 Å². The van der Waals surface area contributed by atoms with Crippen LogP contribution in [-0.2, 0) is 24.0 Å². The third-order valence-electron chi connectivity index (χ3n) is 3.12. The van der Waals surface area contributed by atoms with Gasteiger partial charge < -0.3 is 19.9 Å². The van der Waals surface area contributed by atoms with Crippen molar-refractivity contribution in [2.24, 2.45) is 5.73 Å². The van der Waals surface area contributed by atoms with E-state index in [-0.39, 0.29) is 30.1 Å². The summed E-state index contributed by atoms with van der Waals surface area (Å²) < 4.78 is 39.9. The van der Waals surface area contributed by atoms with E-state index in [4.69, 9.17) is 43.1 Å². The Labute approximate surface area is 156 Å². The summed E-state index contributed by atoms with van der Waals surface area (Å²) in [4.78, 5) is -0.816. The Morgan fingerprint density at radius 1 is 0.917 bits per heavy atom. The second-order valence-corrected chi connectivity index (χ2v) is 10.3. The van der Waals surface area contributed by atoms with Gasteiger partial charge in [-0.1, -0.05) is 0 Å². The monoisotopic (exact) mass is 407 g/mol. The smallest absolute Gasteiger partial charge is 0.152 e. The maximum Gasteiger partial charge on any atom is 0.152 e. The summed E-state index contributed by atoms with van der Waals surface area (Å²) in [5.41, 5.74) is 4.73. The van der Waals surface area contributed by atoms with Gasteiger partial charge in [-0.05, 0) is 34.1 Å². The first-order valence-corrected chi connectivity index (χ1v) is 10.6. The molecule has 9 heteroatoms. The van der Waals surface area contributed by atoms with E-state index in [1.807, 2.05) is 20.8 Å². The summed E-state index contributed by atoms with van der Waals surface area (Å²) in [6, 6.07) is 0. The lowest BCUT2D eigenvalue weighted by Crippen LogP contribution is -2.44. The fourth-order valence-electron chi connectivity index (χ4n) is 1.50. The molecule has 0 heterocycles. The molecule has 0 aliphatic carbocycles. The van der Waals surface area contributed by atoms with Crippen molar-refractivity contribution in [1.82, 2.24) is 0 Å². The highest BCUT2D eigenvalue weighted by Crippen LogP contribution is 2.21. The highest BCUT2D eigenvalue weighted by molar-refractivity contribution is 7.91. The molecule has 24 heavy (non-hydrogen) atoms. The van der Waals surface area contributed by atoms with Gasteiger partial charge in [0.15, 0.2) is 9.84 Å². The number of hydrogen-bond acceptors (Lipinski definition) is 6. The first-order chi connectivity index (χ1) is 10.9. The van der Waals surface area contributed by atoms with Crippen molar-refractivity contribution >= 4 is 33.0 Å². The van der Waals surface area contributed by atoms with Gasteiger partial charge >= 0.3 is 0 Å². The molecule has 0 amide bonds. The average Bonchev–Trinajstić information content (AvgIpc) is 2.42. The molecule has 0 fully saturated rings. The minimum absolute atomic E-state index is 0.0640. The van der Waals surface area contributed by atoms with Crippen molar-refractivity contribution in [1.29, 1.82) is 0 Å². The molecule has 2 N–H and O–H groups in total. The topological polar surface area (TPSA) is 87.9 Å². The van der Waals surface area contributed by atoms with Gasteiger partial charge in [0.1, 0.15) is 4.84 Å². The number of hydrogen-bond donors (Lipinski definition) is 1. The molecule has 0 aromatic rings. The van der Waals surface area contributed by atoms with Crippen LogP contribution in [0.25, 0.3) is 0 Å². The van der Waals surface area contributed by atoms with Gasteiger partial charge in [-0.3, -0.25) is 0 Å². The summed E-state index contributed by atoms with van der Waals surface area (Å²) in [5, 5.41) is 0. The molecule has 1 atom stereocenters. The van der Waals surface area contributed by atoms with E-state index >= 15 is 0 Å². The molecular formula is C15H31Cl2NO5S. The third-order valence-corrected chi connectivity index (χ3v) is 5.74. The van der Waals surface area contributed by atoms with Gasteiger partial charge in [-0.25, -0.2) is 8.42 Å². The zero-order chi connectivity index (χ0) is 18.9. The molecule has 0 aromatic carbocycles.